The number of carbonyl (C=O) groups is 2. The topological polar surface area (TPSA) is 82.2 Å². The molecule has 5 nitrogen and oxygen atoms in total. The van der Waals surface area contributed by atoms with E-state index in [1.807, 2.05) is 55.6 Å². The second kappa shape index (κ2) is 11.2. The van der Waals surface area contributed by atoms with Gasteiger partial charge in [0.2, 0.25) is 0 Å². The molecule has 7 heteroatoms. The average molecular weight is 521 g/mol. The summed E-state index contributed by atoms with van der Waals surface area (Å²) in [5.74, 6) is -1.88. The summed E-state index contributed by atoms with van der Waals surface area (Å²) in [5.41, 5.74) is 4.80. The minimum Gasteiger partial charge on any atom is -0.480 e. The van der Waals surface area contributed by atoms with E-state index in [-0.39, 0.29) is 17.7 Å². The third kappa shape index (κ3) is 5.70. The van der Waals surface area contributed by atoms with Crippen LogP contribution >= 0.6 is 11.6 Å². The zero-order valence-corrected chi connectivity index (χ0v) is 21.8. The van der Waals surface area contributed by atoms with Crippen molar-refractivity contribution in [3.05, 3.63) is 106 Å². The fourth-order valence-electron chi connectivity index (χ4n) is 4.96. The van der Waals surface area contributed by atoms with Gasteiger partial charge in [-0.05, 0) is 84.8 Å². The van der Waals surface area contributed by atoms with Gasteiger partial charge in [-0.15, -0.1) is 0 Å². The molecule has 0 saturated carbocycles. The van der Waals surface area contributed by atoms with Crippen molar-refractivity contribution in [2.45, 2.75) is 51.5 Å². The van der Waals surface area contributed by atoms with Crippen molar-refractivity contribution in [3.8, 4) is 0 Å². The number of aliphatic carboxylic acids is 1. The molecule has 0 saturated heterocycles. The highest BCUT2D eigenvalue weighted by Crippen LogP contribution is 2.44. The Balaban J connectivity index is 1.79. The van der Waals surface area contributed by atoms with Crippen molar-refractivity contribution in [3.63, 3.8) is 0 Å². The average Bonchev–Trinajstić information content (AvgIpc) is 3.28. The molecule has 0 fully saturated rings. The second-order valence-corrected chi connectivity index (χ2v) is 9.93. The van der Waals surface area contributed by atoms with Gasteiger partial charge in [0.15, 0.2) is 0 Å². The lowest BCUT2D eigenvalue weighted by molar-refractivity contribution is -0.138. The van der Waals surface area contributed by atoms with Crippen LogP contribution in [0.5, 0.6) is 0 Å². The Kier molecular flexibility index (Phi) is 7.98. The first-order chi connectivity index (χ1) is 17.7. The van der Waals surface area contributed by atoms with Crippen molar-refractivity contribution >= 4 is 34.4 Å². The number of benzene rings is 3. The Bertz CT molecular complexity index is 1410. The zero-order valence-electron chi connectivity index (χ0n) is 21.0. The van der Waals surface area contributed by atoms with E-state index >= 15 is 0 Å². The standard InChI is InChI=1S/C30H30ClFN2O3/c1-4-5-23(19-6-8-21(9-7-19)29(35)34-18(3)30(36)37)27(20-10-12-22(31)13-11-20)25-16-33-28-24(25)14-17(2)15-26(28)32/h6-16,18,23,27,33H,4-5H2,1-3H3,(H,34,35)(H,36,37)/t18?,23-,27+/m1/s1. The maximum absolute atomic E-state index is 14.8. The van der Waals surface area contributed by atoms with E-state index in [9.17, 15) is 14.0 Å². The van der Waals surface area contributed by atoms with Gasteiger partial charge in [-0.2, -0.15) is 0 Å². The summed E-state index contributed by atoms with van der Waals surface area (Å²) in [5, 5.41) is 13.1. The second-order valence-electron chi connectivity index (χ2n) is 9.49. The van der Waals surface area contributed by atoms with E-state index in [1.165, 1.54) is 13.0 Å². The number of amides is 1. The van der Waals surface area contributed by atoms with Gasteiger partial charge in [-0.3, -0.25) is 9.59 Å². The monoisotopic (exact) mass is 520 g/mol. The number of nitrogens with one attached hydrogen (secondary N) is 2. The maximum Gasteiger partial charge on any atom is 0.325 e. The summed E-state index contributed by atoms with van der Waals surface area (Å²) in [4.78, 5) is 26.8. The Morgan fingerprint density at radius 1 is 1.05 bits per heavy atom. The number of carboxylic acid groups (broad SMARTS) is 1. The number of carbonyl (C=O) groups excluding carboxylic acids is 1. The van der Waals surface area contributed by atoms with Crippen LogP contribution in [0.4, 0.5) is 4.39 Å². The fraction of sp³-hybridized carbons (Fsp3) is 0.267. The predicted molar refractivity (Wildman–Crippen MR) is 145 cm³/mol. The highest BCUT2D eigenvalue weighted by atomic mass is 35.5. The largest absolute Gasteiger partial charge is 0.480 e. The van der Waals surface area contributed by atoms with Gasteiger partial charge in [0, 0.05) is 28.1 Å². The molecule has 0 spiro atoms. The van der Waals surface area contributed by atoms with Crippen LogP contribution in [0.15, 0.2) is 66.9 Å². The summed E-state index contributed by atoms with van der Waals surface area (Å²) >= 11 is 6.21. The van der Waals surface area contributed by atoms with Crippen molar-refractivity contribution < 1.29 is 19.1 Å². The van der Waals surface area contributed by atoms with Gasteiger partial charge >= 0.3 is 5.97 Å². The molecule has 0 aliphatic carbocycles. The Labute approximate surface area is 220 Å². The van der Waals surface area contributed by atoms with Crippen LogP contribution < -0.4 is 5.32 Å². The number of hydrogen-bond donors (Lipinski definition) is 3. The molecule has 3 aromatic carbocycles. The van der Waals surface area contributed by atoms with Crippen LogP contribution in [-0.2, 0) is 4.79 Å². The van der Waals surface area contributed by atoms with E-state index in [2.05, 4.69) is 17.2 Å². The number of carboxylic acids is 1. The molecule has 1 aromatic heterocycles. The van der Waals surface area contributed by atoms with Gasteiger partial charge in [0.25, 0.3) is 5.91 Å². The third-order valence-electron chi connectivity index (χ3n) is 6.80. The molecule has 1 unspecified atom stereocenters. The molecule has 3 N–H and O–H groups in total. The molecule has 4 rings (SSSR count). The molecular weight excluding hydrogens is 491 g/mol. The molecule has 4 aromatic rings. The lowest BCUT2D eigenvalue weighted by atomic mass is 9.75. The first-order valence-corrected chi connectivity index (χ1v) is 12.7. The van der Waals surface area contributed by atoms with Crippen LogP contribution in [0.2, 0.25) is 5.02 Å². The fourth-order valence-corrected chi connectivity index (χ4v) is 5.09. The van der Waals surface area contributed by atoms with E-state index in [4.69, 9.17) is 16.7 Å². The summed E-state index contributed by atoms with van der Waals surface area (Å²) in [6.45, 7) is 5.43. The maximum atomic E-state index is 14.8. The molecule has 0 radical (unpaired) electrons. The van der Waals surface area contributed by atoms with Crippen molar-refractivity contribution in [2.24, 2.45) is 0 Å². The van der Waals surface area contributed by atoms with Gasteiger partial charge < -0.3 is 15.4 Å². The Hall–Kier alpha value is -3.64. The van der Waals surface area contributed by atoms with Crippen LogP contribution in [-0.4, -0.2) is 28.0 Å². The highest BCUT2D eigenvalue weighted by molar-refractivity contribution is 6.30. The molecule has 0 bridgehead atoms. The van der Waals surface area contributed by atoms with E-state index in [0.717, 1.165) is 40.5 Å². The number of aromatic amines is 1. The molecule has 1 heterocycles. The van der Waals surface area contributed by atoms with Crippen molar-refractivity contribution in [2.75, 3.05) is 0 Å². The Morgan fingerprint density at radius 3 is 2.32 bits per heavy atom. The number of hydrogen-bond acceptors (Lipinski definition) is 2. The summed E-state index contributed by atoms with van der Waals surface area (Å²) in [6.07, 6.45) is 3.67. The van der Waals surface area contributed by atoms with Gasteiger partial charge in [0.05, 0.1) is 5.52 Å². The van der Waals surface area contributed by atoms with E-state index in [1.54, 1.807) is 12.1 Å². The first-order valence-electron chi connectivity index (χ1n) is 12.4. The van der Waals surface area contributed by atoms with Crippen molar-refractivity contribution in [1.29, 1.82) is 0 Å². The molecule has 3 atom stereocenters. The van der Waals surface area contributed by atoms with Gasteiger partial charge in [0.1, 0.15) is 11.9 Å². The van der Waals surface area contributed by atoms with Crippen LogP contribution in [0.25, 0.3) is 10.9 Å². The first kappa shape index (κ1) is 26.4. The lowest BCUT2D eigenvalue weighted by Crippen LogP contribution is -2.38. The quantitative estimate of drug-likeness (QED) is 0.218. The summed E-state index contributed by atoms with van der Waals surface area (Å²) in [6, 6.07) is 17.6. The lowest BCUT2D eigenvalue weighted by Gasteiger charge is -2.28. The normalized spacial score (nSPS) is 13.8. The van der Waals surface area contributed by atoms with Gasteiger partial charge in [-0.25, -0.2) is 4.39 Å². The molecule has 192 valence electrons. The number of H-pyrrole nitrogens is 1. The molecular formula is C30H30ClFN2O3. The minimum atomic E-state index is -1.09. The number of aryl methyl sites for hydroxylation is 1. The number of rotatable bonds is 9. The van der Waals surface area contributed by atoms with E-state index < -0.39 is 17.9 Å². The molecule has 1 amide bonds. The Morgan fingerprint density at radius 2 is 1.70 bits per heavy atom. The van der Waals surface area contributed by atoms with Gasteiger partial charge in [-0.1, -0.05) is 49.2 Å². The number of aromatic nitrogens is 1. The summed E-state index contributed by atoms with van der Waals surface area (Å²) < 4.78 is 14.8. The van der Waals surface area contributed by atoms with E-state index in [0.29, 0.717) is 16.1 Å². The van der Waals surface area contributed by atoms with Crippen LogP contribution in [0.3, 0.4) is 0 Å². The molecule has 37 heavy (non-hydrogen) atoms. The highest BCUT2D eigenvalue weighted by Gasteiger charge is 2.29. The molecule has 0 aliphatic heterocycles. The zero-order chi connectivity index (χ0) is 26.7. The van der Waals surface area contributed by atoms with Crippen molar-refractivity contribution in [1.82, 2.24) is 10.3 Å². The number of fused-ring (bicyclic) bond motifs is 1. The summed E-state index contributed by atoms with van der Waals surface area (Å²) in [7, 11) is 0. The third-order valence-corrected chi connectivity index (χ3v) is 7.05. The molecule has 0 aliphatic rings. The van der Waals surface area contributed by atoms with Crippen LogP contribution in [0, 0.1) is 12.7 Å². The minimum absolute atomic E-state index is 0.0313. The SMILES string of the molecule is CCC[C@H](c1ccc(C(=O)NC(C)C(=O)O)cc1)[C@H](c1ccc(Cl)cc1)c1c[nH]c2c(F)cc(C)cc12. The smallest absolute Gasteiger partial charge is 0.325 e. The predicted octanol–water partition coefficient (Wildman–Crippen LogP) is 7.19. The van der Waals surface area contributed by atoms with Crippen LogP contribution in [0.1, 0.15) is 71.1 Å². The number of halogens is 2.